The Balaban J connectivity index is 1.77. The normalized spacial score (nSPS) is 20.2. The number of rotatable bonds is 12. The molecule has 1 aliphatic rings. The highest BCUT2D eigenvalue weighted by Gasteiger charge is 2.30. The molecule has 0 aromatic heterocycles. The Kier molecular flexibility index (Phi) is 9.92. The molecule has 1 aliphatic heterocycles. The van der Waals surface area contributed by atoms with Crippen LogP contribution in [-0.2, 0) is 20.5 Å². The minimum absolute atomic E-state index is 0.0816. The first-order valence-corrected chi connectivity index (χ1v) is 13.5. The van der Waals surface area contributed by atoms with Gasteiger partial charge in [-0.25, -0.2) is 0 Å². The highest BCUT2D eigenvalue weighted by atomic mass is 28.4. The van der Waals surface area contributed by atoms with Gasteiger partial charge < -0.3 is 13.9 Å². The van der Waals surface area contributed by atoms with Crippen LogP contribution in [0.25, 0.3) is 0 Å². The summed E-state index contributed by atoms with van der Waals surface area (Å²) in [7, 11) is -1.65. The second kappa shape index (κ2) is 12.2. The third-order valence-corrected chi connectivity index (χ3v) is 10.4. The van der Waals surface area contributed by atoms with Crippen LogP contribution in [0.3, 0.4) is 0 Å². The summed E-state index contributed by atoms with van der Waals surface area (Å²) in [6.45, 7) is 16.2. The van der Waals surface area contributed by atoms with Crippen molar-refractivity contribution in [2.24, 2.45) is 0 Å². The van der Waals surface area contributed by atoms with Crippen molar-refractivity contribution in [2.45, 2.75) is 77.0 Å². The standard InChI is InChI=1S/C25H38O3Si/c1-6-29(7-2,8-3)28-22(5)13-12-16-24-17-21(4)18-25(27-24)20-26-19-23-14-10-9-11-15-23/h9-15,24-25H,4-8,16-20H2,1-3H3/b13-12+/t24-,25+/m0/s1. The minimum atomic E-state index is -1.65. The maximum Gasteiger partial charge on any atom is 0.250 e. The van der Waals surface area contributed by atoms with E-state index in [0.717, 1.165) is 43.2 Å². The first-order valence-electron chi connectivity index (χ1n) is 11.0. The molecular formula is C25H38O3Si. The predicted molar refractivity (Wildman–Crippen MR) is 124 cm³/mol. The van der Waals surface area contributed by atoms with Gasteiger partial charge in [0.2, 0.25) is 8.32 Å². The van der Waals surface area contributed by atoms with Crippen LogP contribution in [0, 0.1) is 0 Å². The summed E-state index contributed by atoms with van der Waals surface area (Å²) in [6.07, 6.45) is 7.01. The summed E-state index contributed by atoms with van der Waals surface area (Å²) in [5, 5.41) is 0. The molecule has 160 valence electrons. The largest absolute Gasteiger partial charge is 0.544 e. The average Bonchev–Trinajstić information content (AvgIpc) is 2.72. The first kappa shape index (κ1) is 23.7. The summed E-state index contributed by atoms with van der Waals surface area (Å²) in [6, 6.07) is 13.6. The van der Waals surface area contributed by atoms with Crippen LogP contribution in [0.15, 0.2) is 67.0 Å². The van der Waals surface area contributed by atoms with Crippen molar-refractivity contribution in [1.29, 1.82) is 0 Å². The second-order valence-electron chi connectivity index (χ2n) is 7.99. The zero-order chi connectivity index (χ0) is 21.1. The van der Waals surface area contributed by atoms with Gasteiger partial charge in [-0.1, -0.05) is 75.9 Å². The Hall–Kier alpha value is -1.62. The van der Waals surface area contributed by atoms with Gasteiger partial charge in [-0.3, -0.25) is 0 Å². The topological polar surface area (TPSA) is 27.7 Å². The molecule has 4 heteroatoms. The zero-order valence-corrected chi connectivity index (χ0v) is 19.5. The van der Waals surface area contributed by atoms with Gasteiger partial charge in [0.15, 0.2) is 0 Å². The lowest BCUT2D eigenvalue weighted by atomic mass is 9.97. The lowest BCUT2D eigenvalue weighted by molar-refractivity contribution is -0.0730. The van der Waals surface area contributed by atoms with Gasteiger partial charge in [-0.15, -0.1) is 0 Å². The van der Waals surface area contributed by atoms with E-state index in [1.165, 1.54) is 11.1 Å². The third-order valence-electron chi connectivity index (χ3n) is 5.82. The molecule has 1 aromatic rings. The van der Waals surface area contributed by atoms with Crippen LogP contribution < -0.4 is 0 Å². The van der Waals surface area contributed by atoms with Gasteiger partial charge in [-0.05, 0) is 49.0 Å². The van der Waals surface area contributed by atoms with Crippen molar-refractivity contribution in [1.82, 2.24) is 0 Å². The summed E-state index contributed by atoms with van der Waals surface area (Å²) >= 11 is 0. The van der Waals surface area contributed by atoms with Crippen LogP contribution in [-0.4, -0.2) is 27.1 Å². The van der Waals surface area contributed by atoms with Gasteiger partial charge in [0.25, 0.3) is 0 Å². The lowest BCUT2D eigenvalue weighted by Crippen LogP contribution is -2.35. The molecule has 0 aliphatic carbocycles. The van der Waals surface area contributed by atoms with E-state index in [0.29, 0.717) is 13.2 Å². The third kappa shape index (κ3) is 7.96. The van der Waals surface area contributed by atoms with E-state index >= 15 is 0 Å². The molecule has 0 amide bonds. The number of benzene rings is 1. The van der Waals surface area contributed by atoms with Crippen molar-refractivity contribution >= 4 is 8.32 Å². The Labute approximate surface area is 178 Å². The minimum Gasteiger partial charge on any atom is -0.544 e. The van der Waals surface area contributed by atoms with Crippen molar-refractivity contribution < 1.29 is 13.9 Å². The Bertz CT molecular complexity index is 656. The van der Waals surface area contributed by atoms with Gasteiger partial charge in [0.1, 0.15) is 0 Å². The van der Waals surface area contributed by atoms with Gasteiger partial charge in [0.05, 0.1) is 31.2 Å². The Morgan fingerprint density at radius 3 is 2.41 bits per heavy atom. The molecule has 0 spiro atoms. The molecule has 0 bridgehead atoms. The van der Waals surface area contributed by atoms with Crippen molar-refractivity contribution in [2.75, 3.05) is 6.61 Å². The van der Waals surface area contributed by atoms with Crippen LogP contribution in [0.2, 0.25) is 18.1 Å². The molecule has 2 rings (SSSR count). The molecule has 1 aromatic carbocycles. The van der Waals surface area contributed by atoms with E-state index in [4.69, 9.17) is 13.9 Å². The van der Waals surface area contributed by atoms with Gasteiger partial charge >= 0.3 is 0 Å². The molecule has 2 atom stereocenters. The van der Waals surface area contributed by atoms with E-state index < -0.39 is 8.32 Å². The Morgan fingerprint density at radius 1 is 1.10 bits per heavy atom. The Morgan fingerprint density at radius 2 is 1.76 bits per heavy atom. The monoisotopic (exact) mass is 414 g/mol. The molecule has 1 saturated heterocycles. The van der Waals surface area contributed by atoms with Crippen molar-refractivity contribution in [3.8, 4) is 0 Å². The molecule has 3 nitrogen and oxygen atoms in total. The van der Waals surface area contributed by atoms with E-state index in [-0.39, 0.29) is 12.2 Å². The van der Waals surface area contributed by atoms with E-state index in [1.807, 2.05) is 24.3 Å². The van der Waals surface area contributed by atoms with E-state index in [1.54, 1.807) is 0 Å². The first-order chi connectivity index (χ1) is 14.0. The number of ether oxygens (including phenoxy) is 2. The van der Waals surface area contributed by atoms with Crippen LogP contribution in [0.5, 0.6) is 0 Å². The predicted octanol–water partition coefficient (Wildman–Crippen LogP) is 6.79. The summed E-state index contributed by atoms with van der Waals surface area (Å²) in [5.74, 6) is 0.791. The summed E-state index contributed by atoms with van der Waals surface area (Å²) in [4.78, 5) is 0. The van der Waals surface area contributed by atoms with Crippen LogP contribution >= 0.6 is 0 Å². The molecule has 1 heterocycles. The smallest absolute Gasteiger partial charge is 0.250 e. The van der Waals surface area contributed by atoms with Crippen molar-refractivity contribution in [3.63, 3.8) is 0 Å². The number of hydrogen-bond donors (Lipinski definition) is 0. The van der Waals surface area contributed by atoms with E-state index in [2.05, 4.69) is 52.1 Å². The fraction of sp³-hybridized carbons (Fsp3) is 0.520. The molecule has 0 radical (unpaired) electrons. The fourth-order valence-corrected chi connectivity index (χ4v) is 6.40. The SMILES string of the molecule is C=C1C[C@H](C/C=C/C(=C)O[Si](CC)(CC)CC)O[C@@H](COCc2ccccc2)C1. The highest BCUT2D eigenvalue weighted by molar-refractivity contribution is 6.73. The van der Waals surface area contributed by atoms with Gasteiger partial charge in [0, 0.05) is 0 Å². The number of allylic oxidation sites excluding steroid dienone is 1. The maximum atomic E-state index is 6.29. The molecule has 0 unspecified atom stereocenters. The molecule has 1 fully saturated rings. The maximum absolute atomic E-state index is 6.29. The van der Waals surface area contributed by atoms with E-state index in [9.17, 15) is 0 Å². The van der Waals surface area contributed by atoms with Crippen LogP contribution in [0.4, 0.5) is 0 Å². The number of hydrogen-bond acceptors (Lipinski definition) is 3. The molecule has 0 saturated carbocycles. The molecule has 29 heavy (non-hydrogen) atoms. The summed E-state index contributed by atoms with van der Waals surface area (Å²) in [5.41, 5.74) is 2.43. The van der Waals surface area contributed by atoms with Crippen molar-refractivity contribution in [3.05, 3.63) is 72.5 Å². The average molecular weight is 415 g/mol. The highest BCUT2D eigenvalue weighted by Crippen LogP contribution is 2.27. The van der Waals surface area contributed by atoms with Gasteiger partial charge in [-0.2, -0.15) is 0 Å². The fourth-order valence-electron chi connectivity index (χ4n) is 3.85. The zero-order valence-electron chi connectivity index (χ0n) is 18.5. The lowest BCUT2D eigenvalue weighted by Gasteiger charge is -2.31. The van der Waals surface area contributed by atoms with Crippen LogP contribution in [0.1, 0.15) is 45.6 Å². The molecular weight excluding hydrogens is 376 g/mol. The quantitative estimate of drug-likeness (QED) is 0.163. The second-order valence-corrected chi connectivity index (χ2v) is 12.7. The molecule has 0 N–H and O–H groups in total. The summed E-state index contributed by atoms with van der Waals surface area (Å²) < 4.78 is 18.4.